The van der Waals surface area contributed by atoms with Crippen LogP contribution in [0.5, 0.6) is 0 Å². The van der Waals surface area contributed by atoms with Gasteiger partial charge in [0, 0.05) is 31.7 Å². The van der Waals surface area contributed by atoms with Gasteiger partial charge in [-0.05, 0) is 161 Å². The Morgan fingerprint density at radius 1 is 0.904 bits per heavy atom. The lowest BCUT2D eigenvalue weighted by molar-refractivity contribution is -0.221. The van der Waals surface area contributed by atoms with Gasteiger partial charge in [0.2, 0.25) is 0 Å². The molecular formula is C45H74N2O4S. The quantitative estimate of drug-likeness (QED) is 0.188. The van der Waals surface area contributed by atoms with Crippen LogP contribution in [0.1, 0.15) is 138 Å². The van der Waals surface area contributed by atoms with Crippen LogP contribution < -0.4 is 5.32 Å². The molecule has 5 saturated carbocycles. The number of carbonyl (C=O) groups is 1. The third-order valence-electron chi connectivity index (χ3n) is 18.1. The molecule has 0 radical (unpaired) electrons. The van der Waals surface area contributed by atoms with Gasteiger partial charge < -0.3 is 15.0 Å². The first-order chi connectivity index (χ1) is 24.5. The summed E-state index contributed by atoms with van der Waals surface area (Å²) in [5.74, 6) is 4.88. The van der Waals surface area contributed by atoms with E-state index in [9.17, 15) is 13.2 Å². The van der Waals surface area contributed by atoms with Gasteiger partial charge in [-0.2, -0.15) is 0 Å². The highest BCUT2D eigenvalue weighted by Gasteiger charge is 2.70. The first kappa shape index (κ1) is 39.1. The molecule has 0 aromatic carbocycles. The van der Waals surface area contributed by atoms with Crippen LogP contribution in [0.4, 0.5) is 0 Å². The summed E-state index contributed by atoms with van der Waals surface area (Å²) >= 11 is 0. The lowest BCUT2D eigenvalue weighted by Crippen LogP contribution is -2.68. The van der Waals surface area contributed by atoms with E-state index >= 15 is 0 Å². The average molecular weight is 739 g/mol. The van der Waals surface area contributed by atoms with E-state index in [0.29, 0.717) is 71.1 Å². The molecule has 52 heavy (non-hydrogen) atoms. The Kier molecular flexibility index (Phi) is 10.6. The van der Waals surface area contributed by atoms with Gasteiger partial charge in [-0.15, -0.1) is 0 Å². The zero-order chi connectivity index (χ0) is 37.3. The number of ether oxygens (including phenoxy) is 1. The van der Waals surface area contributed by atoms with Crippen LogP contribution in [0.25, 0.3) is 0 Å². The number of hydrogen-bond donors (Lipinski definition) is 1. The molecule has 0 unspecified atom stereocenters. The molecule has 6 nitrogen and oxygen atoms in total. The fourth-order valence-electron chi connectivity index (χ4n) is 15.1. The first-order valence-electron chi connectivity index (χ1n) is 21.7. The Labute approximate surface area is 318 Å². The molecule has 1 N–H and O–H groups in total. The molecule has 9 atom stereocenters. The second-order valence-electron chi connectivity index (χ2n) is 20.6. The predicted molar refractivity (Wildman–Crippen MR) is 213 cm³/mol. The normalized spacial score (nSPS) is 45.4. The summed E-state index contributed by atoms with van der Waals surface area (Å²) in [6.07, 6.45) is 20.0. The molecule has 0 bridgehead atoms. The molecule has 1 heterocycles. The minimum absolute atomic E-state index is 0.0275. The summed E-state index contributed by atoms with van der Waals surface area (Å²) in [6, 6.07) is 0. The number of esters is 1. The van der Waals surface area contributed by atoms with E-state index in [1.54, 1.807) is 5.57 Å². The molecular weight excluding hydrogens is 665 g/mol. The van der Waals surface area contributed by atoms with E-state index in [4.69, 9.17) is 4.74 Å². The van der Waals surface area contributed by atoms with E-state index in [1.807, 2.05) is 6.92 Å². The highest BCUT2D eigenvalue weighted by atomic mass is 32.2. The molecule has 1 aliphatic heterocycles. The van der Waals surface area contributed by atoms with E-state index in [1.165, 1.54) is 69.8 Å². The van der Waals surface area contributed by atoms with Crippen molar-refractivity contribution in [3.63, 3.8) is 0 Å². The first-order valence-corrected chi connectivity index (χ1v) is 23.5. The number of allylic oxidation sites excluding steroid dienone is 3. The minimum Gasteiger partial charge on any atom is -0.466 e. The molecule has 0 spiro atoms. The fraction of sp³-hybridized carbons (Fsp3) is 0.889. The van der Waals surface area contributed by atoms with Crippen LogP contribution in [0.15, 0.2) is 23.8 Å². The van der Waals surface area contributed by atoms with E-state index in [2.05, 4.69) is 64.4 Å². The molecule has 1 saturated heterocycles. The predicted octanol–water partition coefficient (Wildman–Crippen LogP) is 9.01. The Bertz CT molecular complexity index is 1500. The van der Waals surface area contributed by atoms with Crippen LogP contribution in [0, 0.1) is 63.1 Å². The van der Waals surface area contributed by atoms with Crippen LogP contribution >= 0.6 is 0 Å². The van der Waals surface area contributed by atoms with Crippen molar-refractivity contribution in [2.75, 3.05) is 44.3 Å². The van der Waals surface area contributed by atoms with Crippen molar-refractivity contribution in [3.05, 3.63) is 23.8 Å². The summed E-state index contributed by atoms with van der Waals surface area (Å²) in [6.45, 7) is 26.0. The smallest absolute Gasteiger partial charge is 0.308 e. The summed E-state index contributed by atoms with van der Waals surface area (Å²) in [5.41, 5.74) is 4.49. The van der Waals surface area contributed by atoms with Crippen molar-refractivity contribution in [2.24, 2.45) is 63.1 Å². The highest BCUT2D eigenvalue weighted by Crippen LogP contribution is 2.76. The molecule has 7 rings (SSSR count). The maximum atomic E-state index is 12.4. The lowest BCUT2D eigenvalue weighted by atomic mass is 9.33. The summed E-state index contributed by atoms with van der Waals surface area (Å²) < 4.78 is 29.5. The standard InChI is InChI=1S/C45H74N2O4S/c1-9-51-40(48)33-12-10-32(11-13-33)30-34-16-19-42(6)37(41(34,4)5)18-20-44(8)38(42)15-14-36-39-35(31(2)3)17-21-45(39,23-22-43(36,44)7)46-24-25-47-26-28-52(49,50)29-27-47/h16,32-33,35-39,46H,2,9-15,17-30H2,1,3-8H3/t32?,33?,35-,36+,37-,38+,39+,42-,43+,44+,45-/m0/s1. The number of carbonyl (C=O) groups excluding carboxylic acids is 1. The molecule has 7 aliphatic rings. The lowest BCUT2D eigenvalue weighted by Gasteiger charge is -2.72. The zero-order valence-corrected chi connectivity index (χ0v) is 35.0. The van der Waals surface area contributed by atoms with Crippen LogP contribution in [0.3, 0.4) is 0 Å². The number of rotatable bonds is 9. The molecule has 0 aromatic heterocycles. The van der Waals surface area contributed by atoms with Crippen molar-refractivity contribution < 1.29 is 17.9 Å². The van der Waals surface area contributed by atoms with Gasteiger partial charge >= 0.3 is 5.97 Å². The third-order valence-corrected chi connectivity index (χ3v) is 19.7. The maximum absolute atomic E-state index is 12.4. The Morgan fingerprint density at radius 2 is 1.62 bits per heavy atom. The van der Waals surface area contributed by atoms with Crippen molar-refractivity contribution >= 4 is 15.8 Å². The molecule has 7 heteroatoms. The molecule has 6 aliphatic carbocycles. The monoisotopic (exact) mass is 739 g/mol. The Balaban J connectivity index is 1.07. The number of sulfone groups is 1. The van der Waals surface area contributed by atoms with Gasteiger partial charge in [0.1, 0.15) is 0 Å². The average Bonchev–Trinajstić information content (AvgIpc) is 3.48. The Hall–Kier alpha value is -1.18. The van der Waals surface area contributed by atoms with Gasteiger partial charge in [-0.1, -0.05) is 58.4 Å². The van der Waals surface area contributed by atoms with Crippen molar-refractivity contribution in [2.45, 2.75) is 144 Å². The number of nitrogens with one attached hydrogen (secondary N) is 1. The minimum atomic E-state index is -2.85. The largest absolute Gasteiger partial charge is 0.466 e. The van der Waals surface area contributed by atoms with Crippen LogP contribution in [-0.4, -0.2) is 69.1 Å². The van der Waals surface area contributed by atoms with Crippen molar-refractivity contribution in [1.82, 2.24) is 10.2 Å². The number of nitrogens with zero attached hydrogens (tertiary/aromatic N) is 1. The second-order valence-corrected chi connectivity index (χ2v) is 22.9. The molecule has 0 amide bonds. The zero-order valence-electron chi connectivity index (χ0n) is 34.2. The summed E-state index contributed by atoms with van der Waals surface area (Å²) in [7, 11) is -2.85. The van der Waals surface area contributed by atoms with Gasteiger partial charge in [0.25, 0.3) is 0 Å². The maximum Gasteiger partial charge on any atom is 0.308 e. The second kappa shape index (κ2) is 14.1. The van der Waals surface area contributed by atoms with Crippen molar-refractivity contribution in [1.29, 1.82) is 0 Å². The molecule has 294 valence electrons. The van der Waals surface area contributed by atoms with Gasteiger partial charge in [-0.25, -0.2) is 8.42 Å². The van der Waals surface area contributed by atoms with E-state index < -0.39 is 9.84 Å². The number of fused-ring (bicyclic) bond motifs is 7. The van der Waals surface area contributed by atoms with Gasteiger partial charge in [-0.3, -0.25) is 4.79 Å². The Morgan fingerprint density at radius 3 is 2.29 bits per heavy atom. The van der Waals surface area contributed by atoms with Crippen LogP contribution in [-0.2, 0) is 19.4 Å². The molecule has 6 fully saturated rings. The van der Waals surface area contributed by atoms with Crippen LogP contribution in [0.2, 0.25) is 0 Å². The summed E-state index contributed by atoms with van der Waals surface area (Å²) in [4.78, 5) is 14.8. The van der Waals surface area contributed by atoms with Gasteiger partial charge in [0.15, 0.2) is 9.84 Å². The topological polar surface area (TPSA) is 75.7 Å². The number of hydrogen-bond acceptors (Lipinski definition) is 6. The van der Waals surface area contributed by atoms with E-state index in [0.717, 1.165) is 50.6 Å². The fourth-order valence-corrected chi connectivity index (χ4v) is 16.4. The van der Waals surface area contributed by atoms with Crippen molar-refractivity contribution in [3.8, 4) is 0 Å². The SMILES string of the molecule is C=C(C)[C@@H]1CC[C@]2(NCCN3CCS(=O)(=O)CC3)CC[C@]3(C)[C@H](CC[C@@H]4[C@@]5(C)CC=C(CC6CCC(C(=O)OCC)CC6)C(C)(C)[C@@H]5CC[C@]43C)[C@@H]12. The molecule has 0 aromatic rings. The van der Waals surface area contributed by atoms with Gasteiger partial charge in [0.05, 0.1) is 24.0 Å². The highest BCUT2D eigenvalue weighted by molar-refractivity contribution is 7.91. The third kappa shape index (κ3) is 6.42. The summed E-state index contributed by atoms with van der Waals surface area (Å²) in [5, 5.41) is 4.24. The van der Waals surface area contributed by atoms with E-state index in [-0.39, 0.29) is 22.8 Å².